The van der Waals surface area contributed by atoms with E-state index in [4.69, 9.17) is 23.8 Å². The van der Waals surface area contributed by atoms with Crippen LogP contribution < -0.4 is 20.7 Å². The molecular weight excluding hydrogens is 940 g/mol. The van der Waals surface area contributed by atoms with E-state index in [0.717, 1.165) is 5.57 Å². The first-order valence-electron chi connectivity index (χ1n) is 21.9. The van der Waals surface area contributed by atoms with Crippen LogP contribution in [-0.2, 0) is 47.3 Å². The molecule has 0 aromatic heterocycles. The molecule has 1 heterocycles. The van der Waals surface area contributed by atoms with Crippen LogP contribution in [0.3, 0.4) is 0 Å². The number of ether oxygens (including phenoxy) is 3. The summed E-state index contributed by atoms with van der Waals surface area (Å²) in [6.07, 6.45) is 5.05. The number of aliphatic hydroxyl groups excluding tert-OH is 1. The third kappa shape index (κ3) is 8.89. The smallest absolute Gasteiger partial charge is 0.470 e. The SMILES string of the molecule is C[C@]12C=CC(=O)C=C1CC[C@@H]1[C@@H]2[C@@H](O)C[C@@]2(C)[C@H]1C[C@H]1O[C@@H](c3ccc(OC4CC5(CC(NC(=O)[C@H](CCC(=O)O)NC(=O)CNC(=O)CBr)C5)C4)cc3F)O[C@]12C(=O)COP(=O)(O)O. The van der Waals surface area contributed by atoms with Gasteiger partial charge in [-0.05, 0) is 99.3 Å². The Labute approximate surface area is 382 Å². The van der Waals surface area contributed by atoms with Crippen molar-refractivity contribution in [2.24, 2.45) is 34.0 Å². The van der Waals surface area contributed by atoms with Gasteiger partial charge in [-0.3, -0.25) is 33.3 Å². The molecule has 5 saturated carbocycles. The molecule has 0 unspecified atom stereocenters. The summed E-state index contributed by atoms with van der Waals surface area (Å²) in [7, 11) is -5.09. The average Bonchev–Trinajstić information content (AvgIpc) is 3.71. The number of aliphatic carboxylic acids is 1. The number of nitrogens with one attached hydrogen (secondary N) is 3. The summed E-state index contributed by atoms with van der Waals surface area (Å²) in [6.45, 7) is 2.45. The van der Waals surface area contributed by atoms with Gasteiger partial charge in [0.05, 0.1) is 30.2 Å². The molecule has 354 valence electrons. The minimum atomic E-state index is -5.09. The Balaban J connectivity index is 0.901. The maximum absolute atomic E-state index is 16.1. The molecule has 7 N–H and O–H groups in total. The summed E-state index contributed by atoms with van der Waals surface area (Å²) < 4.78 is 51.8. The van der Waals surface area contributed by atoms with E-state index in [1.54, 1.807) is 12.1 Å². The van der Waals surface area contributed by atoms with Gasteiger partial charge in [-0.1, -0.05) is 41.4 Å². The number of phosphoric acid groups is 1. The Morgan fingerprint density at radius 3 is 2.49 bits per heavy atom. The van der Waals surface area contributed by atoms with Crippen molar-refractivity contribution in [2.75, 3.05) is 18.5 Å². The van der Waals surface area contributed by atoms with Crippen LogP contribution in [0.1, 0.15) is 89.9 Å². The second-order valence-electron chi connectivity index (χ2n) is 19.4. The van der Waals surface area contributed by atoms with E-state index in [0.29, 0.717) is 38.5 Å². The first kappa shape index (κ1) is 47.6. The first-order valence-corrected chi connectivity index (χ1v) is 24.5. The van der Waals surface area contributed by atoms with Gasteiger partial charge in [0, 0.05) is 40.8 Å². The zero-order valence-corrected chi connectivity index (χ0v) is 38.3. The summed E-state index contributed by atoms with van der Waals surface area (Å²) in [4.78, 5) is 93.9. The fraction of sp³-hybridized carbons (Fsp3) is 0.636. The lowest BCUT2D eigenvalue weighted by Gasteiger charge is -2.59. The Morgan fingerprint density at radius 1 is 1.08 bits per heavy atom. The van der Waals surface area contributed by atoms with Gasteiger partial charge in [0.1, 0.15) is 24.2 Å². The Bertz CT molecular complexity index is 2260. The van der Waals surface area contributed by atoms with Crippen molar-refractivity contribution in [3.63, 3.8) is 0 Å². The van der Waals surface area contributed by atoms with Gasteiger partial charge in [0.2, 0.25) is 17.7 Å². The van der Waals surface area contributed by atoms with Crippen LogP contribution in [0.5, 0.6) is 5.75 Å². The molecule has 7 aliphatic rings. The number of carboxylic acids is 1. The van der Waals surface area contributed by atoms with E-state index < -0.39 is 90.7 Å². The van der Waals surface area contributed by atoms with Crippen molar-refractivity contribution < 1.29 is 76.5 Å². The molecule has 1 spiro atoms. The predicted octanol–water partition coefficient (Wildman–Crippen LogP) is 3.21. The maximum Gasteiger partial charge on any atom is 0.470 e. The minimum absolute atomic E-state index is 0.0106. The molecule has 1 saturated heterocycles. The predicted molar refractivity (Wildman–Crippen MR) is 227 cm³/mol. The number of alkyl halides is 1. The van der Waals surface area contributed by atoms with E-state index in [-0.39, 0.29) is 90.0 Å². The number of hydrogen-bond donors (Lipinski definition) is 7. The lowest BCUT2D eigenvalue weighted by Crippen LogP contribution is -2.63. The second kappa shape index (κ2) is 17.6. The molecule has 0 bridgehead atoms. The van der Waals surface area contributed by atoms with Gasteiger partial charge >= 0.3 is 13.8 Å². The first-order chi connectivity index (χ1) is 30.6. The fourth-order valence-corrected chi connectivity index (χ4v) is 13.1. The third-order valence-electron chi connectivity index (χ3n) is 15.4. The lowest BCUT2D eigenvalue weighted by molar-refractivity contribution is -0.201. The number of carbonyl (C=O) groups is 6. The maximum atomic E-state index is 16.1. The van der Waals surface area contributed by atoms with Crippen molar-refractivity contribution in [3.8, 4) is 5.75 Å². The van der Waals surface area contributed by atoms with Crippen LogP contribution >= 0.6 is 23.8 Å². The zero-order valence-electron chi connectivity index (χ0n) is 35.8. The normalized spacial score (nSPS) is 37.0. The summed E-state index contributed by atoms with van der Waals surface area (Å²) in [5, 5.41) is 28.9. The number of rotatable bonds is 16. The summed E-state index contributed by atoms with van der Waals surface area (Å²) in [5.41, 5.74) is -2.78. The molecule has 0 radical (unpaired) electrons. The fourth-order valence-electron chi connectivity index (χ4n) is 12.6. The molecule has 1 aliphatic heterocycles. The van der Waals surface area contributed by atoms with Crippen LogP contribution in [0.25, 0.3) is 0 Å². The van der Waals surface area contributed by atoms with E-state index in [1.165, 1.54) is 18.2 Å². The highest BCUT2D eigenvalue weighted by Gasteiger charge is 2.76. The number of carbonyl (C=O) groups excluding carboxylic acids is 5. The number of phosphoric ester groups is 1. The largest absolute Gasteiger partial charge is 0.490 e. The lowest BCUT2D eigenvalue weighted by atomic mass is 9.46. The molecule has 21 heteroatoms. The number of fused-ring (bicyclic) bond motifs is 7. The van der Waals surface area contributed by atoms with Gasteiger partial charge in [-0.15, -0.1) is 0 Å². The van der Waals surface area contributed by atoms with Crippen LogP contribution in [0.15, 0.2) is 42.0 Å². The highest BCUT2D eigenvalue weighted by atomic mass is 79.9. The van der Waals surface area contributed by atoms with Gasteiger partial charge in [-0.2, -0.15) is 0 Å². The summed E-state index contributed by atoms with van der Waals surface area (Å²) in [6, 6.07) is 2.88. The Kier molecular flexibility index (Phi) is 12.9. The van der Waals surface area contributed by atoms with Crippen molar-refractivity contribution in [2.45, 2.75) is 120 Å². The molecule has 65 heavy (non-hydrogen) atoms. The highest BCUT2D eigenvalue weighted by Crippen LogP contribution is 2.71. The summed E-state index contributed by atoms with van der Waals surface area (Å²) in [5.74, 6) is -4.78. The standard InChI is InChI=1S/C44H54BrFN3O15P/c1-41-10-9-24(50)11-22(41)3-5-27-29-13-34-44(33(52)21-61-65(58,59)60,42(29,2)18-32(51)38(27)41)64-40(63-34)28-6-4-25(12-30(28)46)62-26-16-43(17-26)14-23(15-43)48-39(57)31(7-8-37(55)56)49-36(54)20-47-35(53)19-45/h4,6,9-12,23,26-27,29,31-32,34,38,40,51H,3,5,7-8,13-21H2,1-2H3,(H,47,53)(H,48,57)(H,49,54)(H,55,56)(H2,58,59,60)/t23?,26?,27-,29-,31-,32-,34+,38+,40+,41-,42-,43?,44+/m0/s1. The van der Waals surface area contributed by atoms with Crippen molar-refractivity contribution in [1.29, 1.82) is 0 Å². The molecule has 3 amide bonds. The minimum Gasteiger partial charge on any atom is -0.490 e. The number of aliphatic hydroxyl groups is 1. The number of halogens is 2. The van der Waals surface area contributed by atoms with Crippen LogP contribution in [0.4, 0.5) is 4.39 Å². The average molecular weight is 995 g/mol. The number of benzene rings is 1. The highest BCUT2D eigenvalue weighted by molar-refractivity contribution is 9.09. The van der Waals surface area contributed by atoms with Gasteiger partial charge in [0.25, 0.3) is 0 Å². The van der Waals surface area contributed by atoms with Gasteiger partial charge < -0.3 is 50.2 Å². The number of hydrogen-bond acceptors (Lipinski definition) is 12. The molecule has 8 rings (SSSR count). The number of ketones is 2. The Hall–Kier alpha value is -3.88. The third-order valence-corrected chi connectivity index (χ3v) is 16.4. The van der Waals surface area contributed by atoms with E-state index in [1.807, 2.05) is 19.9 Å². The van der Waals surface area contributed by atoms with Gasteiger partial charge in [0.15, 0.2) is 23.5 Å². The molecule has 6 fully saturated rings. The quantitative estimate of drug-likeness (QED) is 0.0926. The van der Waals surface area contributed by atoms with Crippen molar-refractivity contribution in [1.82, 2.24) is 16.0 Å². The summed E-state index contributed by atoms with van der Waals surface area (Å²) >= 11 is 2.98. The topological polar surface area (TPSA) is 273 Å². The van der Waals surface area contributed by atoms with Crippen molar-refractivity contribution in [3.05, 3.63) is 53.4 Å². The molecule has 18 nitrogen and oxygen atoms in total. The molecule has 6 aliphatic carbocycles. The molecule has 10 atom stereocenters. The monoisotopic (exact) mass is 993 g/mol. The van der Waals surface area contributed by atoms with Crippen molar-refractivity contribution >= 4 is 59.0 Å². The van der Waals surface area contributed by atoms with Crippen LogP contribution in [-0.4, -0.2) is 110 Å². The number of Topliss-reactive ketones (excluding diaryl/α,β-unsaturated/α-hetero) is 1. The number of carboxylic acid groups (broad SMARTS) is 1. The second-order valence-corrected chi connectivity index (χ2v) is 21.2. The molecular formula is C44H54BrFN3O15P. The van der Waals surface area contributed by atoms with E-state index in [9.17, 15) is 48.2 Å². The number of allylic oxidation sites excluding steroid dienone is 4. The van der Waals surface area contributed by atoms with Crippen LogP contribution in [0, 0.1) is 39.8 Å². The Morgan fingerprint density at radius 2 is 1.82 bits per heavy atom. The zero-order chi connectivity index (χ0) is 46.9. The molecule has 1 aromatic carbocycles. The van der Waals surface area contributed by atoms with Crippen LogP contribution in [0.2, 0.25) is 0 Å². The van der Waals surface area contributed by atoms with E-state index in [2.05, 4.69) is 31.9 Å². The molecule has 1 aromatic rings. The number of amides is 3. The van der Waals surface area contributed by atoms with Gasteiger partial charge in [-0.25, -0.2) is 8.96 Å². The van der Waals surface area contributed by atoms with E-state index >= 15 is 4.39 Å².